The van der Waals surface area contributed by atoms with Gasteiger partial charge in [0.1, 0.15) is 5.02 Å². The second-order valence-corrected chi connectivity index (χ2v) is 6.49. The van der Waals surface area contributed by atoms with Crippen LogP contribution in [-0.2, 0) is 15.7 Å². The van der Waals surface area contributed by atoms with Gasteiger partial charge in [0.25, 0.3) is 5.88 Å². The summed E-state index contributed by atoms with van der Waals surface area (Å²) < 4.78 is 67.6. The van der Waals surface area contributed by atoms with Crippen LogP contribution in [0.1, 0.15) is 19.4 Å². The normalized spacial score (nSPS) is 12.3. The molecule has 0 aliphatic heterocycles. The monoisotopic (exact) mass is 486 g/mol. The Morgan fingerprint density at radius 2 is 1.97 bits per heavy atom. The molecule has 1 aromatic carbocycles. The second-order valence-electron chi connectivity index (χ2n) is 5.71. The molecule has 0 N–H and O–H groups in total. The molecular formula is C17H12Cl2F4N2O6. The number of alkyl halides is 3. The van der Waals surface area contributed by atoms with E-state index in [1.54, 1.807) is 0 Å². The Morgan fingerprint density at radius 1 is 1.32 bits per heavy atom. The van der Waals surface area contributed by atoms with E-state index in [9.17, 15) is 32.5 Å². The van der Waals surface area contributed by atoms with Gasteiger partial charge in [0, 0.05) is 12.1 Å². The molecule has 168 valence electrons. The molecule has 0 radical (unpaired) electrons. The molecular weight excluding hydrogens is 475 g/mol. The third-order valence-electron chi connectivity index (χ3n) is 3.55. The van der Waals surface area contributed by atoms with Gasteiger partial charge in [-0.3, -0.25) is 10.1 Å². The minimum absolute atomic E-state index is 0.0295. The van der Waals surface area contributed by atoms with Crippen molar-refractivity contribution in [1.29, 1.82) is 0 Å². The van der Waals surface area contributed by atoms with E-state index >= 15 is 0 Å². The van der Waals surface area contributed by atoms with Crippen molar-refractivity contribution in [2.45, 2.75) is 26.1 Å². The Hall–Kier alpha value is -2.86. The van der Waals surface area contributed by atoms with E-state index in [1.807, 2.05) is 0 Å². The molecule has 0 fully saturated rings. The largest absolute Gasteiger partial charge is 0.463 e. The first-order chi connectivity index (χ1) is 14.4. The number of nitro groups is 1. The van der Waals surface area contributed by atoms with Gasteiger partial charge < -0.3 is 14.2 Å². The van der Waals surface area contributed by atoms with Crippen LogP contribution in [0.4, 0.5) is 23.2 Å². The smallest absolute Gasteiger partial charge is 0.419 e. The number of ether oxygens (including phenoxy) is 3. The van der Waals surface area contributed by atoms with Crippen LogP contribution in [0.3, 0.4) is 0 Å². The average Bonchev–Trinajstić information content (AvgIpc) is 2.67. The van der Waals surface area contributed by atoms with Crippen LogP contribution in [0, 0.1) is 15.9 Å². The molecule has 1 aromatic heterocycles. The van der Waals surface area contributed by atoms with Gasteiger partial charge in [-0.15, -0.1) is 0 Å². The highest BCUT2D eigenvalue weighted by atomic mass is 35.5. The van der Waals surface area contributed by atoms with Crippen molar-refractivity contribution in [3.8, 4) is 17.5 Å². The third kappa shape index (κ3) is 5.64. The van der Waals surface area contributed by atoms with Gasteiger partial charge in [0.15, 0.2) is 17.7 Å². The number of halogens is 6. The minimum Gasteiger partial charge on any atom is -0.463 e. The molecule has 1 atom stereocenters. The van der Waals surface area contributed by atoms with E-state index in [0.29, 0.717) is 0 Å². The topological polar surface area (TPSA) is 101 Å². The van der Waals surface area contributed by atoms with Gasteiger partial charge in [-0.05, 0) is 19.9 Å². The summed E-state index contributed by atoms with van der Waals surface area (Å²) in [5.74, 6) is -4.52. The maximum Gasteiger partial charge on any atom is 0.419 e. The molecule has 0 aliphatic carbocycles. The molecule has 0 spiro atoms. The standard InChI is InChI=1S/C17H12Cl2F4N2O6/c1-3-29-16(26)7(2)30-15-10(25(27)28)4-5-11(24-15)31-14-9(18)6-8(17(21,22)23)13(20)12(14)19/h4-7H,3H2,1-2H3. The van der Waals surface area contributed by atoms with Gasteiger partial charge in [0.05, 0.1) is 22.1 Å². The molecule has 0 bridgehead atoms. The summed E-state index contributed by atoms with van der Waals surface area (Å²) in [4.78, 5) is 25.7. The van der Waals surface area contributed by atoms with Crippen molar-refractivity contribution < 1.29 is 41.5 Å². The van der Waals surface area contributed by atoms with Crippen LogP contribution in [0.25, 0.3) is 0 Å². The fraction of sp³-hybridized carbons (Fsp3) is 0.294. The molecule has 14 heteroatoms. The van der Waals surface area contributed by atoms with Gasteiger partial charge in [-0.1, -0.05) is 23.2 Å². The molecule has 0 amide bonds. The van der Waals surface area contributed by atoms with Crippen LogP contribution >= 0.6 is 23.2 Å². The first-order valence-electron chi connectivity index (χ1n) is 8.28. The number of nitrogens with zero attached hydrogens (tertiary/aromatic N) is 2. The SMILES string of the molecule is CCOC(=O)C(C)Oc1nc(Oc2c(Cl)cc(C(F)(F)F)c(F)c2Cl)ccc1[N+](=O)[O-]. The lowest BCUT2D eigenvalue weighted by Gasteiger charge is -2.15. The lowest BCUT2D eigenvalue weighted by Crippen LogP contribution is -2.26. The lowest BCUT2D eigenvalue weighted by atomic mass is 10.2. The van der Waals surface area contributed by atoms with E-state index in [1.165, 1.54) is 13.8 Å². The molecule has 1 unspecified atom stereocenters. The highest BCUT2D eigenvalue weighted by molar-refractivity contribution is 6.37. The maximum atomic E-state index is 14.0. The van der Waals surface area contributed by atoms with Crippen molar-refractivity contribution in [2.75, 3.05) is 6.61 Å². The van der Waals surface area contributed by atoms with Crippen molar-refractivity contribution >= 4 is 34.9 Å². The fourth-order valence-corrected chi connectivity index (χ4v) is 2.69. The zero-order valence-corrected chi connectivity index (χ0v) is 17.1. The van der Waals surface area contributed by atoms with Crippen LogP contribution in [0.2, 0.25) is 10.0 Å². The molecule has 1 heterocycles. The Bertz CT molecular complexity index is 1020. The molecule has 31 heavy (non-hydrogen) atoms. The summed E-state index contributed by atoms with van der Waals surface area (Å²) >= 11 is 11.4. The van der Waals surface area contributed by atoms with Crippen molar-refractivity contribution in [3.05, 3.63) is 49.7 Å². The summed E-state index contributed by atoms with van der Waals surface area (Å²) in [7, 11) is 0. The number of hydrogen-bond acceptors (Lipinski definition) is 7. The van der Waals surface area contributed by atoms with Crippen LogP contribution < -0.4 is 9.47 Å². The summed E-state index contributed by atoms with van der Waals surface area (Å²) in [6.07, 6.45) is -6.36. The Balaban J connectivity index is 2.44. The summed E-state index contributed by atoms with van der Waals surface area (Å²) in [6.45, 7) is 2.81. The first kappa shape index (κ1) is 24.4. The molecule has 2 rings (SSSR count). The number of pyridine rings is 1. The highest BCUT2D eigenvalue weighted by Gasteiger charge is 2.37. The fourth-order valence-electron chi connectivity index (χ4n) is 2.16. The predicted octanol–water partition coefficient (Wildman–Crippen LogP) is 5.58. The van der Waals surface area contributed by atoms with Gasteiger partial charge in [-0.25, -0.2) is 9.18 Å². The Morgan fingerprint density at radius 3 is 2.52 bits per heavy atom. The van der Waals surface area contributed by atoms with Crippen molar-refractivity contribution in [3.63, 3.8) is 0 Å². The lowest BCUT2D eigenvalue weighted by molar-refractivity contribution is -0.386. The molecule has 8 nitrogen and oxygen atoms in total. The zero-order chi connectivity index (χ0) is 23.5. The number of hydrogen-bond donors (Lipinski definition) is 0. The van der Waals surface area contributed by atoms with E-state index in [4.69, 9.17) is 37.4 Å². The number of carbonyl (C=O) groups is 1. The van der Waals surface area contributed by atoms with Crippen LogP contribution in [0.5, 0.6) is 17.5 Å². The number of carbonyl (C=O) groups excluding carboxylic acids is 1. The Kier molecular flexibility index (Phi) is 7.49. The van der Waals surface area contributed by atoms with Gasteiger partial charge >= 0.3 is 17.8 Å². The number of rotatable bonds is 7. The zero-order valence-electron chi connectivity index (χ0n) is 15.6. The van der Waals surface area contributed by atoms with Crippen LogP contribution in [-0.4, -0.2) is 28.6 Å². The minimum atomic E-state index is -5.06. The van der Waals surface area contributed by atoms with Crippen molar-refractivity contribution in [1.82, 2.24) is 4.98 Å². The predicted molar refractivity (Wildman–Crippen MR) is 99.1 cm³/mol. The summed E-state index contributed by atoms with van der Waals surface area (Å²) in [5.41, 5.74) is -2.36. The average molecular weight is 487 g/mol. The van der Waals surface area contributed by atoms with Crippen LogP contribution in [0.15, 0.2) is 18.2 Å². The highest BCUT2D eigenvalue weighted by Crippen LogP contribution is 2.44. The van der Waals surface area contributed by atoms with E-state index in [-0.39, 0.29) is 12.7 Å². The molecule has 0 aliphatic rings. The Labute approximate surface area is 181 Å². The molecule has 0 saturated heterocycles. The number of aromatic nitrogens is 1. The molecule has 0 saturated carbocycles. The van der Waals surface area contributed by atoms with Gasteiger partial charge in [-0.2, -0.15) is 18.2 Å². The number of esters is 1. The summed E-state index contributed by atoms with van der Waals surface area (Å²) in [5, 5.41) is 9.41. The van der Waals surface area contributed by atoms with E-state index < -0.39 is 67.8 Å². The second kappa shape index (κ2) is 9.52. The third-order valence-corrected chi connectivity index (χ3v) is 4.17. The summed E-state index contributed by atoms with van der Waals surface area (Å²) in [6, 6.07) is 2.10. The maximum absolute atomic E-state index is 14.0. The van der Waals surface area contributed by atoms with Gasteiger partial charge in [0.2, 0.25) is 5.88 Å². The van der Waals surface area contributed by atoms with Crippen molar-refractivity contribution in [2.24, 2.45) is 0 Å². The first-order valence-corrected chi connectivity index (χ1v) is 9.03. The van der Waals surface area contributed by atoms with E-state index in [2.05, 4.69) is 4.98 Å². The quantitative estimate of drug-likeness (QED) is 0.165. The molecule has 2 aromatic rings. The number of benzene rings is 1. The van der Waals surface area contributed by atoms with E-state index in [0.717, 1.165) is 12.1 Å².